The van der Waals surface area contributed by atoms with Gasteiger partial charge in [0.05, 0.1) is 13.2 Å². The number of hydrogen-bond donors (Lipinski definition) is 1. The molecule has 7 nitrogen and oxygen atoms in total. The van der Waals surface area contributed by atoms with Crippen LogP contribution in [0.5, 0.6) is 0 Å². The van der Waals surface area contributed by atoms with Gasteiger partial charge in [-0.1, -0.05) is 6.42 Å². The number of H-pyrrole nitrogens is 1. The molecule has 1 aromatic heterocycles. The van der Waals surface area contributed by atoms with Crippen LogP contribution in [0.1, 0.15) is 71.6 Å². The zero-order valence-electron chi connectivity index (χ0n) is 17.6. The maximum absolute atomic E-state index is 13.3. The van der Waals surface area contributed by atoms with Gasteiger partial charge in [-0.3, -0.25) is 9.59 Å². The lowest BCUT2D eigenvalue weighted by Gasteiger charge is -2.35. The van der Waals surface area contributed by atoms with Crippen LogP contribution in [-0.4, -0.2) is 60.5 Å². The number of rotatable bonds is 10. The van der Waals surface area contributed by atoms with Gasteiger partial charge in [-0.05, 0) is 52.5 Å². The van der Waals surface area contributed by atoms with Gasteiger partial charge in [0.15, 0.2) is 5.78 Å². The highest BCUT2D eigenvalue weighted by molar-refractivity contribution is 6.06. The van der Waals surface area contributed by atoms with Crippen molar-refractivity contribution >= 4 is 17.7 Å². The second-order valence-electron chi connectivity index (χ2n) is 7.37. The van der Waals surface area contributed by atoms with Crippen LogP contribution in [0.2, 0.25) is 0 Å². The Balaban J connectivity index is 2.23. The van der Waals surface area contributed by atoms with Crippen LogP contribution in [0.4, 0.5) is 0 Å². The topological polar surface area (TPSA) is 88.7 Å². The van der Waals surface area contributed by atoms with Crippen LogP contribution in [0.3, 0.4) is 0 Å². The Labute approximate surface area is 166 Å². The molecule has 0 aliphatic heterocycles. The van der Waals surface area contributed by atoms with Crippen LogP contribution in [0, 0.1) is 19.8 Å². The van der Waals surface area contributed by atoms with E-state index >= 15 is 0 Å². The summed E-state index contributed by atoms with van der Waals surface area (Å²) < 4.78 is 10.2. The van der Waals surface area contributed by atoms with Gasteiger partial charge in [0, 0.05) is 36.9 Å². The summed E-state index contributed by atoms with van der Waals surface area (Å²) in [4.78, 5) is 42.8. The van der Waals surface area contributed by atoms with E-state index in [1.165, 1.54) is 7.11 Å². The van der Waals surface area contributed by atoms with Gasteiger partial charge in [0.1, 0.15) is 5.69 Å². The summed E-state index contributed by atoms with van der Waals surface area (Å²) in [6.07, 6.45) is 3.51. The van der Waals surface area contributed by atoms with E-state index in [1.807, 2.05) is 6.92 Å². The molecule has 0 saturated heterocycles. The van der Waals surface area contributed by atoms with E-state index in [2.05, 4.69) is 4.98 Å². The van der Waals surface area contributed by atoms with Gasteiger partial charge >= 0.3 is 5.97 Å². The first-order chi connectivity index (χ1) is 13.3. The number of nitrogens with zero attached hydrogens (tertiary/aromatic N) is 1. The van der Waals surface area contributed by atoms with Crippen molar-refractivity contribution < 1.29 is 23.9 Å². The number of esters is 1. The lowest BCUT2D eigenvalue weighted by Crippen LogP contribution is -2.48. The molecule has 0 unspecified atom stereocenters. The van der Waals surface area contributed by atoms with Crippen molar-refractivity contribution in [2.45, 2.75) is 59.4 Å². The first-order valence-electron chi connectivity index (χ1n) is 10.0. The smallest absolute Gasteiger partial charge is 0.354 e. The van der Waals surface area contributed by atoms with E-state index in [0.29, 0.717) is 43.0 Å². The largest absolute Gasteiger partial charge is 0.464 e. The fourth-order valence-corrected chi connectivity index (χ4v) is 3.64. The number of aryl methyl sites for hydroxylation is 1. The van der Waals surface area contributed by atoms with E-state index < -0.39 is 12.0 Å². The van der Waals surface area contributed by atoms with Gasteiger partial charge in [0.2, 0.25) is 5.91 Å². The molecule has 2 rings (SSSR count). The molecule has 1 aromatic rings. The molecule has 0 aromatic carbocycles. The van der Waals surface area contributed by atoms with E-state index in [0.717, 1.165) is 19.3 Å². The summed E-state index contributed by atoms with van der Waals surface area (Å²) in [5, 5.41) is 0. The van der Waals surface area contributed by atoms with Crippen molar-refractivity contribution in [1.82, 2.24) is 9.88 Å². The van der Waals surface area contributed by atoms with Crippen molar-refractivity contribution in [3.8, 4) is 0 Å². The number of methoxy groups -OCH3 is 1. The third-order valence-electron chi connectivity index (χ3n) is 5.55. The Morgan fingerprint density at radius 1 is 1.25 bits per heavy atom. The van der Waals surface area contributed by atoms with E-state index in [-0.39, 0.29) is 23.3 Å². The summed E-state index contributed by atoms with van der Waals surface area (Å²) in [5.41, 5.74) is 1.92. The number of ether oxygens (including phenoxy) is 2. The number of Topliss-reactive ketones (excluding diaryl/α,β-unsaturated/α-hetero) is 1. The molecule has 1 aliphatic rings. The van der Waals surface area contributed by atoms with Crippen LogP contribution in [-0.2, 0) is 14.3 Å². The lowest BCUT2D eigenvalue weighted by molar-refractivity contribution is -0.139. The van der Waals surface area contributed by atoms with E-state index in [1.54, 1.807) is 25.7 Å². The molecule has 1 N–H and O–H groups in total. The normalized spacial score (nSPS) is 15.0. The fraction of sp³-hybridized carbons (Fsp3) is 0.667. The first kappa shape index (κ1) is 22.1. The van der Waals surface area contributed by atoms with Gasteiger partial charge in [-0.25, -0.2) is 4.79 Å². The Morgan fingerprint density at radius 2 is 1.93 bits per heavy atom. The molecule has 0 radical (unpaired) electrons. The fourth-order valence-electron chi connectivity index (χ4n) is 3.64. The minimum atomic E-state index is -0.603. The van der Waals surface area contributed by atoms with Crippen LogP contribution >= 0.6 is 0 Å². The standard InChI is InChI=1S/C21H32N2O5/c1-6-28-12-8-11-23(20(25)16-9-7-10-16)15(4)19(24)17-13(2)18(21(26)27-5)22-14(17)3/h15-16,22H,6-12H2,1-5H3/t15-/m0/s1. The summed E-state index contributed by atoms with van der Waals surface area (Å²) in [6.45, 7) is 8.84. The average molecular weight is 392 g/mol. The molecular weight excluding hydrogens is 360 g/mol. The third kappa shape index (κ3) is 4.63. The number of aromatic nitrogens is 1. The Morgan fingerprint density at radius 3 is 2.46 bits per heavy atom. The monoisotopic (exact) mass is 392 g/mol. The van der Waals surface area contributed by atoms with Gasteiger partial charge < -0.3 is 19.4 Å². The third-order valence-corrected chi connectivity index (χ3v) is 5.55. The number of hydrogen-bond acceptors (Lipinski definition) is 5. The van der Waals surface area contributed by atoms with Crippen LogP contribution < -0.4 is 0 Å². The second-order valence-corrected chi connectivity index (χ2v) is 7.37. The number of nitrogens with one attached hydrogen (secondary N) is 1. The number of ketones is 1. The summed E-state index contributed by atoms with van der Waals surface area (Å²) in [5.74, 6) is -0.610. The predicted octanol–water partition coefficient (Wildman–Crippen LogP) is 3.04. The molecule has 0 spiro atoms. The summed E-state index contributed by atoms with van der Waals surface area (Å²) >= 11 is 0. The molecular formula is C21H32N2O5. The quantitative estimate of drug-likeness (QED) is 0.376. The molecule has 156 valence electrons. The SMILES string of the molecule is CCOCCCN(C(=O)C1CCC1)[C@@H](C)C(=O)c1c(C)[nH]c(C(=O)OC)c1C. The molecule has 1 saturated carbocycles. The summed E-state index contributed by atoms with van der Waals surface area (Å²) in [7, 11) is 1.31. The number of carbonyl (C=O) groups excluding carboxylic acids is 3. The molecule has 7 heteroatoms. The van der Waals surface area contributed by atoms with Crippen molar-refractivity contribution in [3.05, 3.63) is 22.5 Å². The van der Waals surface area contributed by atoms with Crippen LogP contribution in [0.25, 0.3) is 0 Å². The van der Waals surface area contributed by atoms with Crippen molar-refractivity contribution in [1.29, 1.82) is 0 Å². The molecule has 1 heterocycles. The lowest BCUT2D eigenvalue weighted by atomic mass is 9.83. The highest BCUT2D eigenvalue weighted by Gasteiger charge is 2.35. The minimum Gasteiger partial charge on any atom is -0.464 e. The van der Waals surface area contributed by atoms with E-state index in [9.17, 15) is 14.4 Å². The van der Waals surface area contributed by atoms with Crippen molar-refractivity contribution in [2.24, 2.45) is 5.92 Å². The maximum atomic E-state index is 13.3. The average Bonchev–Trinajstić information content (AvgIpc) is 2.92. The number of aromatic amines is 1. The van der Waals surface area contributed by atoms with Gasteiger partial charge in [-0.2, -0.15) is 0 Å². The molecule has 1 amide bonds. The molecule has 1 atom stereocenters. The zero-order valence-corrected chi connectivity index (χ0v) is 17.6. The number of carbonyl (C=O) groups is 3. The van der Waals surface area contributed by atoms with Gasteiger partial charge in [0.25, 0.3) is 0 Å². The molecule has 28 heavy (non-hydrogen) atoms. The van der Waals surface area contributed by atoms with Crippen molar-refractivity contribution in [2.75, 3.05) is 26.9 Å². The minimum absolute atomic E-state index is 0.0152. The van der Waals surface area contributed by atoms with Crippen molar-refractivity contribution in [3.63, 3.8) is 0 Å². The van der Waals surface area contributed by atoms with Crippen LogP contribution in [0.15, 0.2) is 0 Å². The number of amides is 1. The van der Waals surface area contributed by atoms with E-state index in [4.69, 9.17) is 9.47 Å². The molecule has 1 aliphatic carbocycles. The molecule has 0 bridgehead atoms. The van der Waals surface area contributed by atoms with Gasteiger partial charge in [-0.15, -0.1) is 0 Å². The second kappa shape index (κ2) is 9.87. The predicted molar refractivity (Wildman–Crippen MR) is 106 cm³/mol. The maximum Gasteiger partial charge on any atom is 0.354 e. The summed E-state index contributed by atoms with van der Waals surface area (Å²) in [6, 6.07) is -0.603. The Bertz CT molecular complexity index is 721. The zero-order chi connectivity index (χ0) is 20.8. The molecule has 1 fully saturated rings. The highest BCUT2D eigenvalue weighted by atomic mass is 16.5. The highest BCUT2D eigenvalue weighted by Crippen LogP contribution is 2.30. The Kier molecular flexibility index (Phi) is 7.80. The Hall–Kier alpha value is -2.15. The first-order valence-corrected chi connectivity index (χ1v) is 10.0.